The summed E-state index contributed by atoms with van der Waals surface area (Å²) in [6.07, 6.45) is 2.54. The van der Waals surface area contributed by atoms with Gasteiger partial charge in [0.2, 0.25) is 0 Å². The lowest BCUT2D eigenvalue weighted by Crippen LogP contribution is -2.28. The highest BCUT2D eigenvalue weighted by Crippen LogP contribution is 2.27. The van der Waals surface area contributed by atoms with E-state index in [9.17, 15) is 9.90 Å². The number of benzene rings is 1. The lowest BCUT2D eigenvalue weighted by molar-refractivity contribution is -0.138. The minimum Gasteiger partial charge on any atom is -0.481 e. The highest BCUT2D eigenvalue weighted by molar-refractivity contribution is 6.30. The molecule has 0 aliphatic heterocycles. The van der Waals surface area contributed by atoms with Crippen molar-refractivity contribution in [2.45, 2.75) is 18.8 Å². The molecule has 1 saturated carbocycles. The van der Waals surface area contributed by atoms with E-state index in [4.69, 9.17) is 11.6 Å². The lowest BCUT2D eigenvalue weighted by Gasteiger charge is -2.13. The molecule has 92 valence electrons. The third-order valence-electron chi connectivity index (χ3n) is 3.05. The van der Waals surface area contributed by atoms with Crippen molar-refractivity contribution >= 4 is 17.6 Å². The molecule has 2 N–H and O–H groups in total. The van der Waals surface area contributed by atoms with E-state index < -0.39 is 11.9 Å². The van der Waals surface area contributed by atoms with Gasteiger partial charge >= 0.3 is 5.97 Å². The molecule has 1 aromatic carbocycles. The van der Waals surface area contributed by atoms with Crippen LogP contribution in [0.1, 0.15) is 24.3 Å². The number of hydrogen-bond acceptors (Lipinski definition) is 2. The van der Waals surface area contributed by atoms with Gasteiger partial charge in [-0.2, -0.15) is 0 Å². The fourth-order valence-electron chi connectivity index (χ4n) is 1.80. The Morgan fingerprint density at radius 2 is 2.06 bits per heavy atom. The Hall–Kier alpha value is -1.06. The number of carboxylic acid groups (broad SMARTS) is 1. The molecule has 4 heteroatoms. The summed E-state index contributed by atoms with van der Waals surface area (Å²) in [5.74, 6) is -0.531. The van der Waals surface area contributed by atoms with Crippen molar-refractivity contribution in [3.63, 3.8) is 0 Å². The Labute approximate surface area is 106 Å². The van der Waals surface area contributed by atoms with E-state index in [0.29, 0.717) is 11.6 Å². The van der Waals surface area contributed by atoms with Gasteiger partial charge in [0.25, 0.3) is 0 Å². The maximum atomic E-state index is 11.2. The van der Waals surface area contributed by atoms with Crippen molar-refractivity contribution in [1.82, 2.24) is 5.32 Å². The van der Waals surface area contributed by atoms with Crippen LogP contribution in [0.25, 0.3) is 0 Å². The van der Waals surface area contributed by atoms with E-state index in [0.717, 1.165) is 18.0 Å². The van der Waals surface area contributed by atoms with Crippen LogP contribution in [0, 0.1) is 5.92 Å². The molecule has 0 amide bonds. The SMILES string of the molecule is O=C(O)C(CNCC1CC1)c1ccc(Cl)cc1. The minimum atomic E-state index is -0.796. The Kier molecular flexibility index (Phi) is 4.02. The largest absolute Gasteiger partial charge is 0.481 e. The lowest BCUT2D eigenvalue weighted by atomic mass is 9.99. The molecule has 1 fully saturated rings. The summed E-state index contributed by atoms with van der Waals surface area (Å²) >= 11 is 5.79. The molecule has 2 rings (SSSR count). The summed E-state index contributed by atoms with van der Waals surface area (Å²) in [6.45, 7) is 1.41. The van der Waals surface area contributed by atoms with Gasteiger partial charge < -0.3 is 10.4 Å². The molecule has 1 unspecified atom stereocenters. The standard InChI is InChI=1S/C13H16ClNO2/c14-11-5-3-10(4-6-11)12(13(16)17)8-15-7-9-1-2-9/h3-6,9,12,15H,1-2,7-8H2,(H,16,17). The monoisotopic (exact) mass is 253 g/mol. The van der Waals surface area contributed by atoms with Crippen molar-refractivity contribution in [2.24, 2.45) is 5.92 Å². The van der Waals surface area contributed by atoms with E-state index in [-0.39, 0.29) is 0 Å². The van der Waals surface area contributed by atoms with E-state index in [1.54, 1.807) is 24.3 Å². The first-order valence-corrected chi connectivity index (χ1v) is 6.23. The van der Waals surface area contributed by atoms with Crippen LogP contribution < -0.4 is 5.32 Å². The van der Waals surface area contributed by atoms with Crippen molar-refractivity contribution in [3.8, 4) is 0 Å². The zero-order valence-corrected chi connectivity index (χ0v) is 10.3. The molecular formula is C13H16ClNO2. The molecule has 1 aliphatic rings. The highest BCUT2D eigenvalue weighted by atomic mass is 35.5. The Morgan fingerprint density at radius 3 is 2.59 bits per heavy atom. The maximum absolute atomic E-state index is 11.2. The Bertz CT molecular complexity index is 387. The van der Waals surface area contributed by atoms with E-state index in [1.807, 2.05) is 0 Å². The second kappa shape index (κ2) is 5.52. The zero-order chi connectivity index (χ0) is 12.3. The first kappa shape index (κ1) is 12.4. The van der Waals surface area contributed by atoms with Crippen molar-refractivity contribution in [2.75, 3.05) is 13.1 Å². The van der Waals surface area contributed by atoms with Gasteiger partial charge in [-0.3, -0.25) is 4.79 Å². The zero-order valence-electron chi connectivity index (χ0n) is 9.53. The first-order chi connectivity index (χ1) is 8.16. The molecular weight excluding hydrogens is 238 g/mol. The van der Waals surface area contributed by atoms with Gasteiger partial charge in [0.15, 0.2) is 0 Å². The molecule has 0 saturated heterocycles. The summed E-state index contributed by atoms with van der Waals surface area (Å²) in [7, 11) is 0. The molecule has 1 aliphatic carbocycles. The van der Waals surface area contributed by atoms with E-state index >= 15 is 0 Å². The normalized spacial score (nSPS) is 16.8. The summed E-state index contributed by atoms with van der Waals surface area (Å²) < 4.78 is 0. The Balaban J connectivity index is 1.95. The molecule has 1 atom stereocenters. The van der Waals surface area contributed by atoms with Crippen LogP contribution in [0.3, 0.4) is 0 Å². The van der Waals surface area contributed by atoms with Gasteiger partial charge in [-0.25, -0.2) is 0 Å². The van der Waals surface area contributed by atoms with Gasteiger partial charge in [-0.15, -0.1) is 0 Å². The fourth-order valence-corrected chi connectivity index (χ4v) is 1.92. The van der Waals surface area contributed by atoms with Crippen LogP contribution in [0.5, 0.6) is 0 Å². The average molecular weight is 254 g/mol. The van der Waals surface area contributed by atoms with Gasteiger partial charge in [-0.05, 0) is 43.0 Å². The van der Waals surface area contributed by atoms with E-state index in [1.165, 1.54) is 12.8 Å². The number of aliphatic carboxylic acids is 1. The quantitative estimate of drug-likeness (QED) is 0.819. The maximum Gasteiger partial charge on any atom is 0.312 e. The predicted octanol–water partition coefficient (Wildman–Crippen LogP) is 2.51. The molecule has 0 radical (unpaired) electrons. The number of hydrogen-bond donors (Lipinski definition) is 2. The van der Waals surface area contributed by atoms with Gasteiger partial charge in [-0.1, -0.05) is 23.7 Å². The first-order valence-electron chi connectivity index (χ1n) is 5.86. The molecule has 17 heavy (non-hydrogen) atoms. The van der Waals surface area contributed by atoms with Crippen molar-refractivity contribution < 1.29 is 9.90 Å². The number of nitrogens with one attached hydrogen (secondary N) is 1. The second-order valence-corrected chi connectivity index (χ2v) is 4.98. The summed E-state index contributed by atoms with van der Waals surface area (Å²) in [6, 6.07) is 7.02. The third-order valence-corrected chi connectivity index (χ3v) is 3.30. The number of carboxylic acids is 1. The van der Waals surface area contributed by atoms with Crippen LogP contribution >= 0.6 is 11.6 Å². The van der Waals surface area contributed by atoms with E-state index in [2.05, 4.69) is 5.32 Å². The van der Waals surface area contributed by atoms with Crippen molar-refractivity contribution in [3.05, 3.63) is 34.9 Å². The van der Waals surface area contributed by atoms with Crippen LogP contribution in [0.2, 0.25) is 5.02 Å². The van der Waals surface area contributed by atoms with Crippen LogP contribution in [0.15, 0.2) is 24.3 Å². The molecule has 0 bridgehead atoms. The molecule has 1 aromatic rings. The number of halogens is 1. The second-order valence-electron chi connectivity index (χ2n) is 4.54. The summed E-state index contributed by atoms with van der Waals surface area (Å²) in [5, 5.41) is 13.1. The smallest absolute Gasteiger partial charge is 0.312 e. The molecule has 0 heterocycles. The number of carbonyl (C=O) groups is 1. The third kappa shape index (κ3) is 3.72. The van der Waals surface area contributed by atoms with Crippen LogP contribution in [-0.2, 0) is 4.79 Å². The van der Waals surface area contributed by atoms with Gasteiger partial charge in [0.1, 0.15) is 0 Å². The Morgan fingerprint density at radius 1 is 1.41 bits per heavy atom. The highest BCUT2D eigenvalue weighted by Gasteiger charge is 2.23. The average Bonchev–Trinajstić information content (AvgIpc) is 3.09. The van der Waals surface area contributed by atoms with Gasteiger partial charge in [0.05, 0.1) is 5.92 Å². The molecule has 0 spiro atoms. The van der Waals surface area contributed by atoms with Crippen LogP contribution in [-0.4, -0.2) is 24.2 Å². The predicted molar refractivity (Wildman–Crippen MR) is 67.4 cm³/mol. The summed E-state index contributed by atoms with van der Waals surface area (Å²) in [4.78, 5) is 11.2. The molecule has 3 nitrogen and oxygen atoms in total. The van der Waals surface area contributed by atoms with Crippen LogP contribution in [0.4, 0.5) is 0 Å². The minimum absolute atomic E-state index is 0.480. The van der Waals surface area contributed by atoms with Crippen molar-refractivity contribution in [1.29, 1.82) is 0 Å². The molecule has 0 aromatic heterocycles. The summed E-state index contributed by atoms with van der Waals surface area (Å²) in [5.41, 5.74) is 0.796. The fraction of sp³-hybridized carbons (Fsp3) is 0.462. The topological polar surface area (TPSA) is 49.3 Å². The number of rotatable bonds is 6. The van der Waals surface area contributed by atoms with Gasteiger partial charge in [0, 0.05) is 11.6 Å².